The second-order valence-electron chi connectivity index (χ2n) is 4.76. The number of rotatable bonds is 5. The van der Waals surface area contributed by atoms with E-state index >= 15 is 0 Å². The van der Waals surface area contributed by atoms with Crippen molar-refractivity contribution in [2.75, 3.05) is 7.11 Å². The molecule has 0 aliphatic carbocycles. The van der Waals surface area contributed by atoms with Crippen molar-refractivity contribution in [1.82, 2.24) is 5.32 Å². The fraction of sp³-hybridized carbons (Fsp3) is 0.188. The third kappa shape index (κ3) is 3.98. The summed E-state index contributed by atoms with van der Waals surface area (Å²) in [5.74, 6) is -4.79. The van der Waals surface area contributed by atoms with Gasteiger partial charge in [-0.25, -0.2) is 0 Å². The molecule has 0 aliphatic heterocycles. The molecule has 7 heteroatoms. The van der Waals surface area contributed by atoms with Gasteiger partial charge >= 0.3 is 5.92 Å². The molecule has 23 heavy (non-hydrogen) atoms. The highest BCUT2D eigenvalue weighted by Gasteiger charge is 2.40. The van der Waals surface area contributed by atoms with E-state index in [0.29, 0.717) is 15.8 Å². The van der Waals surface area contributed by atoms with Crippen LogP contribution in [0.3, 0.4) is 0 Å². The molecule has 0 atom stereocenters. The Hall–Kier alpha value is -2.15. The Bertz CT molecular complexity index is 705. The number of carbonyl (C=O) groups excluding carboxylic acids is 1. The first-order valence-corrected chi connectivity index (χ1v) is 7.42. The van der Waals surface area contributed by atoms with Gasteiger partial charge in [0, 0.05) is 22.1 Å². The molecule has 0 aliphatic rings. The Morgan fingerprint density at radius 1 is 1.26 bits per heavy atom. The Morgan fingerprint density at radius 3 is 2.52 bits per heavy atom. The van der Waals surface area contributed by atoms with Gasteiger partial charge < -0.3 is 15.2 Å². The standard InChI is InChI=1S/C16H14BrF2NO3/c1-23-13-5-2-11(3-6-13)16(18,19)15(22)20-9-10-8-12(17)4-7-14(10)21/h2-8,21H,9H2,1H3,(H,20,22). The lowest BCUT2D eigenvalue weighted by atomic mass is 10.1. The van der Waals surface area contributed by atoms with Gasteiger partial charge in [-0.1, -0.05) is 15.9 Å². The Kier molecular flexibility index (Phi) is 5.20. The first kappa shape index (κ1) is 17.2. The van der Waals surface area contributed by atoms with Crippen LogP contribution in [-0.2, 0) is 17.3 Å². The first-order chi connectivity index (χ1) is 10.8. The van der Waals surface area contributed by atoms with Gasteiger partial charge in [-0.3, -0.25) is 4.79 Å². The third-order valence-corrected chi connectivity index (χ3v) is 3.71. The van der Waals surface area contributed by atoms with Crippen LogP contribution >= 0.6 is 15.9 Å². The molecule has 4 nitrogen and oxygen atoms in total. The molecule has 122 valence electrons. The number of hydrogen-bond donors (Lipinski definition) is 2. The summed E-state index contributed by atoms with van der Waals surface area (Å²) >= 11 is 3.21. The Morgan fingerprint density at radius 2 is 1.91 bits per heavy atom. The Balaban J connectivity index is 2.10. The molecule has 0 spiro atoms. The predicted octanol–water partition coefficient (Wildman–Crippen LogP) is 3.57. The second kappa shape index (κ2) is 6.95. The zero-order valence-corrected chi connectivity index (χ0v) is 13.7. The quantitative estimate of drug-likeness (QED) is 0.826. The van der Waals surface area contributed by atoms with Crippen molar-refractivity contribution < 1.29 is 23.4 Å². The number of carbonyl (C=O) groups is 1. The minimum Gasteiger partial charge on any atom is -0.508 e. The molecule has 1 amide bonds. The summed E-state index contributed by atoms with van der Waals surface area (Å²) in [6.07, 6.45) is 0. The molecule has 0 saturated heterocycles. The van der Waals surface area contributed by atoms with E-state index in [-0.39, 0.29) is 12.3 Å². The van der Waals surface area contributed by atoms with Crippen LogP contribution in [0.5, 0.6) is 11.5 Å². The van der Waals surface area contributed by atoms with Crippen LogP contribution in [0.25, 0.3) is 0 Å². The molecule has 0 aromatic heterocycles. The maximum Gasteiger partial charge on any atom is 0.349 e. The first-order valence-electron chi connectivity index (χ1n) is 6.62. The number of phenols is 1. The number of alkyl halides is 2. The van der Waals surface area contributed by atoms with E-state index in [2.05, 4.69) is 21.2 Å². The Labute approximate surface area is 140 Å². The van der Waals surface area contributed by atoms with Gasteiger partial charge in [-0.2, -0.15) is 8.78 Å². The highest BCUT2D eigenvalue weighted by molar-refractivity contribution is 9.10. The summed E-state index contributed by atoms with van der Waals surface area (Å²) in [6.45, 7) is -0.212. The number of ether oxygens (including phenoxy) is 1. The van der Waals surface area contributed by atoms with Gasteiger partial charge in [-0.15, -0.1) is 0 Å². The van der Waals surface area contributed by atoms with Crippen molar-refractivity contribution in [2.45, 2.75) is 12.5 Å². The van der Waals surface area contributed by atoms with E-state index in [4.69, 9.17) is 4.74 Å². The van der Waals surface area contributed by atoms with E-state index in [1.165, 1.54) is 25.3 Å². The number of benzene rings is 2. The summed E-state index contributed by atoms with van der Waals surface area (Å²) in [6, 6.07) is 9.54. The van der Waals surface area contributed by atoms with Crippen molar-refractivity contribution in [3.8, 4) is 11.5 Å². The van der Waals surface area contributed by atoms with Crippen molar-refractivity contribution >= 4 is 21.8 Å². The summed E-state index contributed by atoms with van der Waals surface area (Å²) < 4.78 is 33.8. The number of halogens is 3. The molecule has 0 bridgehead atoms. The molecule has 2 N–H and O–H groups in total. The number of nitrogens with one attached hydrogen (secondary N) is 1. The molecule has 0 unspecified atom stereocenters. The SMILES string of the molecule is COc1ccc(C(F)(F)C(=O)NCc2cc(Br)ccc2O)cc1. The molecule has 2 aromatic rings. The zero-order valence-electron chi connectivity index (χ0n) is 12.1. The van der Waals surface area contributed by atoms with Gasteiger partial charge in [0.15, 0.2) is 0 Å². The summed E-state index contributed by atoms with van der Waals surface area (Å²) in [7, 11) is 1.42. The van der Waals surface area contributed by atoms with Crippen molar-refractivity contribution in [3.63, 3.8) is 0 Å². The molecule has 0 radical (unpaired) electrons. The van der Waals surface area contributed by atoms with Gasteiger partial charge in [-0.05, 0) is 42.5 Å². The highest BCUT2D eigenvalue weighted by Crippen LogP contribution is 2.30. The molecular formula is C16H14BrF2NO3. The molecule has 2 aromatic carbocycles. The molecule has 0 saturated carbocycles. The van der Waals surface area contributed by atoms with Crippen molar-refractivity contribution in [1.29, 1.82) is 0 Å². The number of amides is 1. The second-order valence-corrected chi connectivity index (χ2v) is 5.67. The smallest absolute Gasteiger partial charge is 0.349 e. The van der Waals surface area contributed by atoms with Gasteiger partial charge in [0.1, 0.15) is 11.5 Å². The minimum atomic E-state index is -3.69. The summed E-state index contributed by atoms with van der Waals surface area (Å²) in [5.41, 5.74) is -0.104. The zero-order chi connectivity index (χ0) is 17.0. The predicted molar refractivity (Wildman–Crippen MR) is 84.5 cm³/mol. The van der Waals surface area contributed by atoms with Gasteiger partial charge in [0.05, 0.1) is 7.11 Å². The number of aromatic hydroxyl groups is 1. The average molecular weight is 386 g/mol. The van der Waals surface area contributed by atoms with E-state index in [9.17, 15) is 18.7 Å². The van der Waals surface area contributed by atoms with E-state index < -0.39 is 17.4 Å². The summed E-state index contributed by atoms with van der Waals surface area (Å²) in [4.78, 5) is 11.8. The van der Waals surface area contributed by atoms with Crippen molar-refractivity contribution in [2.24, 2.45) is 0 Å². The molecule has 0 fully saturated rings. The van der Waals surface area contributed by atoms with Gasteiger partial charge in [0.2, 0.25) is 0 Å². The normalized spacial score (nSPS) is 11.1. The molecule has 0 heterocycles. The summed E-state index contributed by atoms with van der Waals surface area (Å²) in [5, 5.41) is 11.8. The average Bonchev–Trinajstić information content (AvgIpc) is 2.55. The lowest BCUT2D eigenvalue weighted by Crippen LogP contribution is -2.37. The van der Waals surface area contributed by atoms with Crippen LogP contribution < -0.4 is 10.1 Å². The third-order valence-electron chi connectivity index (χ3n) is 3.22. The van der Waals surface area contributed by atoms with E-state index in [1.54, 1.807) is 12.1 Å². The van der Waals surface area contributed by atoms with Crippen LogP contribution in [0.1, 0.15) is 11.1 Å². The lowest BCUT2D eigenvalue weighted by molar-refractivity contribution is -0.147. The largest absolute Gasteiger partial charge is 0.508 e. The van der Waals surface area contributed by atoms with E-state index in [0.717, 1.165) is 12.1 Å². The number of hydrogen-bond acceptors (Lipinski definition) is 3. The van der Waals surface area contributed by atoms with Crippen LogP contribution in [0, 0.1) is 0 Å². The number of phenolic OH excluding ortho intramolecular Hbond substituents is 1. The van der Waals surface area contributed by atoms with Gasteiger partial charge in [0.25, 0.3) is 5.91 Å². The minimum absolute atomic E-state index is 0.0822. The highest BCUT2D eigenvalue weighted by atomic mass is 79.9. The molecular weight excluding hydrogens is 372 g/mol. The van der Waals surface area contributed by atoms with Crippen LogP contribution in [0.15, 0.2) is 46.9 Å². The lowest BCUT2D eigenvalue weighted by Gasteiger charge is -2.17. The number of methoxy groups -OCH3 is 1. The topological polar surface area (TPSA) is 58.6 Å². The fourth-order valence-electron chi connectivity index (χ4n) is 1.91. The van der Waals surface area contributed by atoms with Crippen molar-refractivity contribution in [3.05, 3.63) is 58.1 Å². The van der Waals surface area contributed by atoms with Crippen LogP contribution in [0.4, 0.5) is 8.78 Å². The maximum absolute atomic E-state index is 14.1. The van der Waals surface area contributed by atoms with Crippen LogP contribution in [-0.4, -0.2) is 18.1 Å². The molecule has 2 rings (SSSR count). The van der Waals surface area contributed by atoms with Crippen LogP contribution in [0.2, 0.25) is 0 Å². The van der Waals surface area contributed by atoms with E-state index in [1.807, 2.05) is 0 Å². The monoisotopic (exact) mass is 385 g/mol. The maximum atomic E-state index is 14.1. The fourth-order valence-corrected chi connectivity index (χ4v) is 2.32.